The quantitative estimate of drug-likeness (QED) is 0.364. The lowest BCUT2D eigenvalue weighted by Crippen LogP contribution is -2.21. The third kappa shape index (κ3) is 6.32. The van der Waals surface area contributed by atoms with Gasteiger partial charge in [0.2, 0.25) is 0 Å². The fraction of sp³-hybridized carbons (Fsp3) is 0.429. The predicted octanol–water partition coefficient (Wildman–Crippen LogP) is 7.21. The first kappa shape index (κ1) is 25.4. The van der Waals surface area contributed by atoms with Crippen LogP contribution in [0.4, 0.5) is 0 Å². The van der Waals surface area contributed by atoms with Gasteiger partial charge in [0, 0.05) is 22.3 Å². The van der Waals surface area contributed by atoms with Crippen LogP contribution < -0.4 is 9.47 Å². The molecule has 0 amide bonds. The highest BCUT2D eigenvalue weighted by molar-refractivity contribution is 6.27. The van der Waals surface area contributed by atoms with Crippen molar-refractivity contribution in [3.8, 4) is 11.5 Å². The summed E-state index contributed by atoms with van der Waals surface area (Å²) in [5, 5.41) is 0. The summed E-state index contributed by atoms with van der Waals surface area (Å²) in [6, 6.07) is 3.21. The molecule has 0 radical (unpaired) electrons. The standard InChI is InChI=1S/C28H36O4/c1-18(2)10-8-11-19(3)12-9-13-20(4)14-15-22-21(5)27(29)23-16-25(31-6)26(32-7)17-24(23)28(22)30/h10,12,14,16-17H,8-9,11,13,15H2,1-7H3. The second kappa shape index (κ2) is 11.7. The van der Waals surface area contributed by atoms with Gasteiger partial charge in [0.05, 0.1) is 14.2 Å². The summed E-state index contributed by atoms with van der Waals surface area (Å²) >= 11 is 0. The van der Waals surface area contributed by atoms with Crippen LogP contribution in [0.15, 0.2) is 58.2 Å². The molecule has 172 valence electrons. The number of carbonyl (C=O) groups is 2. The Morgan fingerprint density at radius 3 is 1.81 bits per heavy atom. The zero-order valence-corrected chi connectivity index (χ0v) is 20.6. The van der Waals surface area contributed by atoms with Crippen molar-refractivity contribution in [1.82, 2.24) is 0 Å². The Morgan fingerprint density at radius 1 is 0.781 bits per heavy atom. The second-order valence-corrected chi connectivity index (χ2v) is 8.68. The number of ketones is 2. The van der Waals surface area contributed by atoms with Crippen molar-refractivity contribution in [2.75, 3.05) is 14.2 Å². The van der Waals surface area contributed by atoms with E-state index in [1.54, 1.807) is 19.1 Å². The van der Waals surface area contributed by atoms with Gasteiger partial charge in [0.15, 0.2) is 23.1 Å². The summed E-state index contributed by atoms with van der Waals surface area (Å²) in [4.78, 5) is 26.1. The van der Waals surface area contributed by atoms with Crippen LogP contribution in [0.2, 0.25) is 0 Å². The maximum Gasteiger partial charge on any atom is 0.190 e. The first-order valence-electron chi connectivity index (χ1n) is 11.2. The van der Waals surface area contributed by atoms with Crippen LogP contribution >= 0.6 is 0 Å². The minimum Gasteiger partial charge on any atom is -0.493 e. The number of hydrogen-bond acceptors (Lipinski definition) is 4. The Hall–Kier alpha value is -2.88. The molecule has 0 heterocycles. The van der Waals surface area contributed by atoms with Crippen LogP contribution in [0.5, 0.6) is 11.5 Å². The van der Waals surface area contributed by atoms with E-state index in [1.165, 1.54) is 30.9 Å². The maximum absolute atomic E-state index is 13.2. The molecular formula is C28H36O4. The number of fused-ring (bicyclic) bond motifs is 1. The summed E-state index contributed by atoms with van der Waals surface area (Å²) in [5.74, 6) is 0.655. The molecule has 1 aliphatic rings. The van der Waals surface area contributed by atoms with Gasteiger partial charge in [-0.25, -0.2) is 0 Å². The van der Waals surface area contributed by atoms with Gasteiger partial charge in [0.25, 0.3) is 0 Å². The van der Waals surface area contributed by atoms with E-state index in [-0.39, 0.29) is 11.6 Å². The Kier molecular flexibility index (Phi) is 9.25. The molecule has 32 heavy (non-hydrogen) atoms. The van der Waals surface area contributed by atoms with E-state index in [0.29, 0.717) is 40.2 Å². The van der Waals surface area contributed by atoms with Crippen LogP contribution in [-0.4, -0.2) is 25.8 Å². The number of methoxy groups -OCH3 is 2. The van der Waals surface area contributed by atoms with Crippen molar-refractivity contribution in [3.63, 3.8) is 0 Å². The molecule has 0 bridgehead atoms. The minimum atomic E-state index is -0.128. The average Bonchev–Trinajstić information content (AvgIpc) is 2.76. The SMILES string of the molecule is COc1cc2c(cc1OC)C(=O)C(CC=C(C)CCC=C(C)CCC=C(C)C)=C(C)C2=O. The molecule has 0 aromatic heterocycles. The van der Waals surface area contributed by atoms with Crippen molar-refractivity contribution >= 4 is 11.6 Å². The normalized spacial score (nSPS) is 14.5. The van der Waals surface area contributed by atoms with Crippen LogP contribution in [-0.2, 0) is 0 Å². The van der Waals surface area contributed by atoms with E-state index in [0.717, 1.165) is 25.7 Å². The van der Waals surface area contributed by atoms with Crippen LogP contribution in [0.3, 0.4) is 0 Å². The van der Waals surface area contributed by atoms with Gasteiger partial charge in [-0.15, -0.1) is 0 Å². The largest absolute Gasteiger partial charge is 0.493 e. The fourth-order valence-corrected chi connectivity index (χ4v) is 3.79. The van der Waals surface area contributed by atoms with E-state index in [4.69, 9.17) is 9.47 Å². The van der Waals surface area contributed by atoms with Gasteiger partial charge in [-0.05, 0) is 78.9 Å². The first-order valence-corrected chi connectivity index (χ1v) is 11.2. The predicted molar refractivity (Wildman–Crippen MR) is 131 cm³/mol. The number of carbonyl (C=O) groups excluding carboxylic acids is 2. The molecular weight excluding hydrogens is 400 g/mol. The lowest BCUT2D eigenvalue weighted by molar-refractivity contribution is 0.0972. The van der Waals surface area contributed by atoms with Gasteiger partial charge in [-0.3, -0.25) is 9.59 Å². The summed E-state index contributed by atoms with van der Waals surface area (Å²) in [6.07, 6.45) is 11.2. The molecule has 0 saturated heterocycles. The Labute approximate surface area is 192 Å². The minimum absolute atomic E-state index is 0.114. The maximum atomic E-state index is 13.2. The summed E-state index contributed by atoms with van der Waals surface area (Å²) in [6.45, 7) is 10.2. The van der Waals surface area contributed by atoms with Crippen LogP contribution in [0.25, 0.3) is 0 Å². The third-order valence-corrected chi connectivity index (χ3v) is 5.86. The van der Waals surface area contributed by atoms with Gasteiger partial charge in [-0.2, -0.15) is 0 Å². The summed E-state index contributed by atoms with van der Waals surface area (Å²) in [7, 11) is 3.03. The summed E-state index contributed by atoms with van der Waals surface area (Å²) in [5.41, 5.74) is 5.81. The Balaban J connectivity index is 2.09. The first-order chi connectivity index (χ1) is 15.2. The highest BCUT2D eigenvalue weighted by Crippen LogP contribution is 2.36. The van der Waals surface area contributed by atoms with Crippen LogP contribution in [0, 0.1) is 0 Å². The molecule has 0 N–H and O–H groups in total. The van der Waals surface area contributed by atoms with Gasteiger partial charge in [-0.1, -0.05) is 34.9 Å². The molecule has 0 fully saturated rings. The topological polar surface area (TPSA) is 52.6 Å². The van der Waals surface area contributed by atoms with E-state index in [1.807, 2.05) is 0 Å². The van der Waals surface area contributed by atoms with Gasteiger partial charge in [0.1, 0.15) is 0 Å². The molecule has 2 rings (SSSR count). The zero-order valence-electron chi connectivity index (χ0n) is 20.6. The molecule has 0 saturated carbocycles. The summed E-state index contributed by atoms with van der Waals surface area (Å²) < 4.78 is 10.6. The average molecular weight is 437 g/mol. The number of allylic oxidation sites excluding steroid dienone is 8. The van der Waals surface area contributed by atoms with Gasteiger partial charge < -0.3 is 9.47 Å². The Morgan fingerprint density at radius 2 is 1.28 bits per heavy atom. The number of ether oxygens (including phenoxy) is 2. The smallest absolute Gasteiger partial charge is 0.190 e. The fourth-order valence-electron chi connectivity index (χ4n) is 3.79. The van der Waals surface area contributed by atoms with Crippen molar-refractivity contribution in [1.29, 1.82) is 0 Å². The highest BCUT2D eigenvalue weighted by Gasteiger charge is 2.31. The molecule has 0 aliphatic heterocycles. The monoisotopic (exact) mass is 436 g/mol. The number of Topliss-reactive ketones (excluding diaryl/α,β-unsaturated/α-hetero) is 2. The van der Waals surface area contributed by atoms with E-state index < -0.39 is 0 Å². The zero-order chi connectivity index (χ0) is 23.8. The Bertz CT molecular complexity index is 999. The number of benzene rings is 1. The van der Waals surface area contributed by atoms with Crippen molar-refractivity contribution in [3.05, 3.63) is 69.4 Å². The third-order valence-electron chi connectivity index (χ3n) is 5.86. The number of rotatable bonds is 10. The molecule has 1 aromatic rings. The molecule has 4 heteroatoms. The van der Waals surface area contributed by atoms with Gasteiger partial charge >= 0.3 is 0 Å². The van der Waals surface area contributed by atoms with Crippen molar-refractivity contribution in [2.45, 2.75) is 66.7 Å². The molecule has 4 nitrogen and oxygen atoms in total. The molecule has 1 aliphatic carbocycles. The molecule has 1 aromatic carbocycles. The lowest BCUT2D eigenvalue weighted by atomic mass is 9.82. The van der Waals surface area contributed by atoms with E-state index in [9.17, 15) is 9.59 Å². The molecule has 0 atom stereocenters. The van der Waals surface area contributed by atoms with E-state index >= 15 is 0 Å². The van der Waals surface area contributed by atoms with E-state index in [2.05, 4.69) is 45.9 Å². The van der Waals surface area contributed by atoms with Crippen molar-refractivity contribution in [2.24, 2.45) is 0 Å². The van der Waals surface area contributed by atoms with Crippen LogP contribution in [0.1, 0.15) is 87.4 Å². The lowest BCUT2D eigenvalue weighted by Gasteiger charge is -2.20. The molecule has 0 spiro atoms. The molecule has 0 unspecified atom stereocenters. The second-order valence-electron chi connectivity index (χ2n) is 8.68. The highest BCUT2D eigenvalue weighted by atomic mass is 16.5. The number of hydrogen-bond donors (Lipinski definition) is 0. The van der Waals surface area contributed by atoms with Crippen molar-refractivity contribution < 1.29 is 19.1 Å².